The Morgan fingerprint density at radius 1 is 0.931 bits per heavy atom. The second-order valence-electron chi connectivity index (χ2n) is 6.88. The van der Waals surface area contributed by atoms with Crippen molar-refractivity contribution in [3.05, 3.63) is 59.7 Å². The number of amides is 2. The molecule has 2 aliphatic rings. The first-order valence-electron chi connectivity index (χ1n) is 8.99. The monoisotopic (exact) mass is 406 g/mol. The standard InChI is InChI=1S/C20H17F3N2O4/c21-20(22,23)14-6-2-1-5-11(14)12-9-13(12)18(26)24-25-19(27)17-10-28-15-7-3-4-8-16(15)29-17/h1-8,12-13,17H,9-10H2,(H,24,26)(H,25,27). The van der Waals surface area contributed by atoms with Crippen LogP contribution >= 0.6 is 0 Å². The molecule has 0 radical (unpaired) electrons. The van der Waals surface area contributed by atoms with Gasteiger partial charge in [-0.15, -0.1) is 0 Å². The topological polar surface area (TPSA) is 76.7 Å². The van der Waals surface area contributed by atoms with Crippen molar-refractivity contribution in [2.24, 2.45) is 5.92 Å². The van der Waals surface area contributed by atoms with Gasteiger partial charge in [-0.1, -0.05) is 30.3 Å². The quantitative estimate of drug-likeness (QED) is 0.769. The van der Waals surface area contributed by atoms with E-state index in [9.17, 15) is 22.8 Å². The summed E-state index contributed by atoms with van der Waals surface area (Å²) >= 11 is 0. The second kappa shape index (κ2) is 7.31. The van der Waals surface area contributed by atoms with Crippen molar-refractivity contribution < 1.29 is 32.2 Å². The highest BCUT2D eigenvalue weighted by Crippen LogP contribution is 2.50. The van der Waals surface area contributed by atoms with Crippen LogP contribution in [0.5, 0.6) is 11.5 Å². The van der Waals surface area contributed by atoms with Crippen LogP contribution in [0, 0.1) is 5.92 Å². The number of hydrazine groups is 1. The van der Waals surface area contributed by atoms with Crippen LogP contribution in [0.25, 0.3) is 0 Å². The summed E-state index contributed by atoms with van der Waals surface area (Å²) in [5.41, 5.74) is 3.87. The van der Waals surface area contributed by atoms with Crippen molar-refractivity contribution in [2.45, 2.75) is 24.6 Å². The Morgan fingerprint density at radius 3 is 2.34 bits per heavy atom. The van der Waals surface area contributed by atoms with Crippen LogP contribution < -0.4 is 20.3 Å². The van der Waals surface area contributed by atoms with Gasteiger partial charge in [0.25, 0.3) is 5.91 Å². The van der Waals surface area contributed by atoms with Gasteiger partial charge in [0.1, 0.15) is 6.61 Å². The Kier molecular flexibility index (Phi) is 4.81. The number of hydrogen-bond donors (Lipinski definition) is 2. The molecule has 2 aromatic rings. The largest absolute Gasteiger partial charge is 0.485 e. The normalized spacial score (nSPS) is 22.5. The third-order valence-electron chi connectivity index (χ3n) is 4.90. The number of fused-ring (bicyclic) bond motifs is 1. The Bertz CT molecular complexity index is 947. The maximum Gasteiger partial charge on any atom is 0.416 e. The van der Waals surface area contributed by atoms with E-state index in [2.05, 4.69) is 10.9 Å². The molecular weight excluding hydrogens is 389 g/mol. The minimum absolute atomic E-state index is 0.0241. The van der Waals surface area contributed by atoms with E-state index in [0.717, 1.165) is 6.07 Å². The van der Waals surface area contributed by atoms with Crippen LogP contribution in [0.2, 0.25) is 0 Å². The van der Waals surface area contributed by atoms with Gasteiger partial charge < -0.3 is 9.47 Å². The lowest BCUT2D eigenvalue weighted by Gasteiger charge is -2.25. The maximum absolute atomic E-state index is 13.1. The second-order valence-corrected chi connectivity index (χ2v) is 6.88. The van der Waals surface area contributed by atoms with E-state index in [1.54, 1.807) is 24.3 Å². The summed E-state index contributed by atoms with van der Waals surface area (Å²) in [6, 6.07) is 12.1. The van der Waals surface area contributed by atoms with Gasteiger partial charge in [-0.05, 0) is 36.1 Å². The number of carbonyl (C=O) groups is 2. The van der Waals surface area contributed by atoms with Gasteiger partial charge in [0, 0.05) is 5.92 Å². The molecule has 3 unspecified atom stereocenters. The van der Waals surface area contributed by atoms with E-state index >= 15 is 0 Å². The molecule has 2 aromatic carbocycles. The molecule has 9 heteroatoms. The fourth-order valence-electron chi connectivity index (χ4n) is 3.35. The molecular formula is C20H17F3N2O4. The predicted molar refractivity (Wildman–Crippen MR) is 94.9 cm³/mol. The van der Waals surface area contributed by atoms with Crippen LogP contribution in [0.4, 0.5) is 13.2 Å². The van der Waals surface area contributed by atoms with Crippen LogP contribution in [0.15, 0.2) is 48.5 Å². The molecule has 1 saturated carbocycles. The Balaban J connectivity index is 1.32. The van der Waals surface area contributed by atoms with Gasteiger partial charge in [0.05, 0.1) is 5.56 Å². The Hall–Kier alpha value is -3.23. The first-order valence-corrected chi connectivity index (χ1v) is 8.99. The number of alkyl halides is 3. The van der Waals surface area contributed by atoms with Gasteiger partial charge >= 0.3 is 6.18 Å². The minimum Gasteiger partial charge on any atom is -0.485 e. The van der Waals surface area contributed by atoms with Crippen molar-refractivity contribution in [3.63, 3.8) is 0 Å². The zero-order chi connectivity index (χ0) is 20.6. The average molecular weight is 406 g/mol. The maximum atomic E-state index is 13.1. The third kappa shape index (κ3) is 3.98. The fourth-order valence-corrected chi connectivity index (χ4v) is 3.35. The number of hydrogen-bond acceptors (Lipinski definition) is 4. The van der Waals surface area contributed by atoms with Gasteiger partial charge in [-0.25, -0.2) is 0 Å². The highest BCUT2D eigenvalue weighted by Gasteiger charge is 2.48. The summed E-state index contributed by atoms with van der Waals surface area (Å²) in [5.74, 6) is -1.40. The van der Waals surface area contributed by atoms with E-state index in [4.69, 9.17) is 9.47 Å². The van der Waals surface area contributed by atoms with Gasteiger partial charge in [-0.3, -0.25) is 20.4 Å². The van der Waals surface area contributed by atoms with E-state index < -0.39 is 41.5 Å². The number of nitrogens with one attached hydrogen (secondary N) is 2. The van der Waals surface area contributed by atoms with Crippen LogP contribution in [0.1, 0.15) is 23.5 Å². The Morgan fingerprint density at radius 2 is 1.59 bits per heavy atom. The smallest absolute Gasteiger partial charge is 0.416 e. The fraction of sp³-hybridized carbons (Fsp3) is 0.300. The van der Waals surface area contributed by atoms with Crippen LogP contribution in [0.3, 0.4) is 0 Å². The van der Waals surface area contributed by atoms with Crippen LogP contribution in [-0.2, 0) is 15.8 Å². The lowest BCUT2D eigenvalue weighted by molar-refractivity contribution is -0.138. The van der Waals surface area contributed by atoms with Crippen molar-refractivity contribution >= 4 is 11.8 Å². The first kappa shape index (κ1) is 19.1. The molecule has 152 valence electrons. The summed E-state index contributed by atoms with van der Waals surface area (Å²) in [5, 5.41) is 0. The predicted octanol–water partition coefficient (Wildman–Crippen LogP) is 2.80. The molecule has 0 bridgehead atoms. The summed E-state index contributed by atoms with van der Waals surface area (Å²) < 4.78 is 50.4. The molecule has 4 rings (SSSR count). The number of halogens is 3. The van der Waals surface area contributed by atoms with E-state index in [1.165, 1.54) is 18.2 Å². The SMILES string of the molecule is O=C(NNC(=O)C1CC1c1ccccc1C(F)(F)F)C1COc2ccccc2O1. The molecule has 1 heterocycles. The van der Waals surface area contributed by atoms with Gasteiger partial charge in [-0.2, -0.15) is 13.2 Å². The molecule has 1 fully saturated rings. The highest BCUT2D eigenvalue weighted by atomic mass is 19.4. The molecule has 2 N–H and O–H groups in total. The molecule has 29 heavy (non-hydrogen) atoms. The van der Waals surface area contributed by atoms with E-state index in [0.29, 0.717) is 11.5 Å². The molecule has 0 aromatic heterocycles. The Labute approximate surface area is 164 Å². The van der Waals surface area contributed by atoms with Gasteiger partial charge in [0.15, 0.2) is 11.5 Å². The lowest BCUT2D eigenvalue weighted by atomic mass is 10.0. The van der Waals surface area contributed by atoms with Crippen molar-refractivity contribution in [2.75, 3.05) is 6.61 Å². The third-order valence-corrected chi connectivity index (χ3v) is 4.90. The summed E-state index contributed by atoms with van der Waals surface area (Å²) in [6.07, 6.45) is -5.15. The molecule has 6 nitrogen and oxygen atoms in total. The molecule has 1 aliphatic heterocycles. The van der Waals surface area contributed by atoms with E-state index in [-0.39, 0.29) is 18.6 Å². The molecule has 0 spiro atoms. The molecule has 1 aliphatic carbocycles. The molecule has 2 amide bonds. The number of benzene rings is 2. The number of rotatable bonds is 3. The van der Waals surface area contributed by atoms with Gasteiger partial charge in [0.2, 0.25) is 12.0 Å². The lowest BCUT2D eigenvalue weighted by Crippen LogP contribution is -2.51. The first-order chi connectivity index (χ1) is 13.8. The summed E-state index contributed by atoms with van der Waals surface area (Å²) in [4.78, 5) is 24.5. The molecule has 3 atom stereocenters. The molecule has 0 saturated heterocycles. The summed E-state index contributed by atoms with van der Waals surface area (Å²) in [6.45, 7) is -0.0241. The van der Waals surface area contributed by atoms with Crippen LogP contribution in [-0.4, -0.2) is 24.5 Å². The summed E-state index contributed by atoms with van der Waals surface area (Å²) in [7, 11) is 0. The van der Waals surface area contributed by atoms with Crippen molar-refractivity contribution in [1.29, 1.82) is 0 Å². The number of ether oxygens (including phenoxy) is 2. The highest BCUT2D eigenvalue weighted by molar-refractivity contribution is 5.88. The van der Waals surface area contributed by atoms with Crippen molar-refractivity contribution in [1.82, 2.24) is 10.9 Å². The average Bonchev–Trinajstić information content (AvgIpc) is 3.51. The van der Waals surface area contributed by atoms with E-state index in [1.807, 2.05) is 0 Å². The number of para-hydroxylation sites is 2. The van der Waals surface area contributed by atoms with Crippen molar-refractivity contribution in [3.8, 4) is 11.5 Å². The zero-order valence-corrected chi connectivity index (χ0v) is 15.0. The number of carbonyl (C=O) groups excluding carboxylic acids is 2. The zero-order valence-electron chi connectivity index (χ0n) is 15.0. The minimum atomic E-state index is -4.48.